The van der Waals surface area contributed by atoms with Crippen molar-refractivity contribution in [3.05, 3.63) is 93.7 Å². The van der Waals surface area contributed by atoms with Gasteiger partial charge in [0, 0.05) is 30.5 Å². The molecule has 1 aliphatic carbocycles. The Hall–Kier alpha value is -3.46. The van der Waals surface area contributed by atoms with Crippen molar-refractivity contribution >= 4 is 46.7 Å². The van der Waals surface area contributed by atoms with Gasteiger partial charge in [0.2, 0.25) is 5.91 Å². The summed E-state index contributed by atoms with van der Waals surface area (Å²) >= 11 is 12.2. The van der Waals surface area contributed by atoms with E-state index < -0.39 is 17.9 Å². The van der Waals surface area contributed by atoms with E-state index in [-0.39, 0.29) is 39.9 Å². The lowest BCUT2D eigenvalue weighted by Crippen LogP contribution is -2.62. The molecule has 220 valence electrons. The maximum atomic E-state index is 13.6. The minimum atomic E-state index is -1.08. The number of pyridine rings is 1. The molecule has 2 atom stereocenters. The van der Waals surface area contributed by atoms with Crippen molar-refractivity contribution in [1.29, 1.82) is 0 Å². The molecule has 3 aromatic rings. The number of anilines is 1. The number of rotatable bonds is 11. The molecule has 3 N–H and O–H groups in total. The predicted molar refractivity (Wildman–Crippen MR) is 163 cm³/mol. The van der Waals surface area contributed by atoms with Crippen LogP contribution in [0.4, 0.5) is 5.69 Å². The average molecular weight is 610 g/mol. The second-order valence-corrected chi connectivity index (χ2v) is 11.9. The van der Waals surface area contributed by atoms with Crippen LogP contribution in [0.5, 0.6) is 0 Å². The Morgan fingerprint density at radius 3 is 2.24 bits per heavy atom. The molecule has 0 radical (unpaired) electrons. The average Bonchev–Trinajstić information content (AvgIpc) is 2.98. The molecule has 2 aromatic carbocycles. The van der Waals surface area contributed by atoms with Crippen LogP contribution in [0.1, 0.15) is 53.6 Å². The molecule has 6 rings (SSSR count). The van der Waals surface area contributed by atoms with Gasteiger partial charge in [-0.1, -0.05) is 65.7 Å². The Morgan fingerprint density at radius 2 is 1.60 bits per heavy atom. The number of carboxylic acid groups (broad SMARTS) is 1. The van der Waals surface area contributed by atoms with E-state index in [1.165, 1.54) is 18.0 Å². The number of aromatic nitrogens is 1. The maximum absolute atomic E-state index is 13.6. The number of benzene rings is 2. The first kappa shape index (κ1) is 30.0. The van der Waals surface area contributed by atoms with Crippen LogP contribution in [-0.4, -0.2) is 57.4 Å². The summed E-state index contributed by atoms with van der Waals surface area (Å²) in [6.45, 7) is 0.814. The summed E-state index contributed by atoms with van der Waals surface area (Å²) in [4.78, 5) is 44.7. The smallest absolute Gasteiger partial charge is 0.326 e. The summed E-state index contributed by atoms with van der Waals surface area (Å²) in [5.74, 6) is -1.52. The number of hydrogen-bond acceptors (Lipinski definition) is 5. The number of piperidine rings is 2. The zero-order valence-corrected chi connectivity index (χ0v) is 24.7. The molecule has 3 heterocycles. The molecule has 8 nitrogen and oxygen atoms in total. The van der Waals surface area contributed by atoms with E-state index in [2.05, 4.69) is 32.7 Å². The van der Waals surface area contributed by atoms with Gasteiger partial charge in [-0.05, 0) is 74.2 Å². The van der Waals surface area contributed by atoms with Gasteiger partial charge in [-0.25, -0.2) is 4.79 Å². The van der Waals surface area contributed by atoms with Crippen molar-refractivity contribution in [3.63, 3.8) is 0 Å². The number of nitrogens with zero attached hydrogens (tertiary/aromatic N) is 2. The van der Waals surface area contributed by atoms with Crippen LogP contribution in [0.2, 0.25) is 10.0 Å². The van der Waals surface area contributed by atoms with Crippen LogP contribution in [0, 0.1) is 5.92 Å². The van der Waals surface area contributed by atoms with Crippen molar-refractivity contribution < 1.29 is 19.5 Å². The highest BCUT2D eigenvalue weighted by molar-refractivity contribution is 6.40. The van der Waals surface area contributed by atoms with Gasteiger partial charge in [-0.15, -0.1) is 0 Å². The van der Waals surface area contributed by atoms with Gasteiger partial charge in [0.1, 0.15) is 6.04 Å². The summed E-state index contributed by atoms with van der Waals surface area (Å²) in [7, 11) is 0. The van der Waals surface area contributed by atoms with E-state index in [9.17, 15) is 19.5 Å². The minimum absolute atomic E-state index is 0.117. The summed E-state index contributed by atoms with van der Waals surface area (Å²) in [5, 5.41) is 15.8. The number of halogens is 2. The van der Waals surface area contributed by atoms with Crippen LogP contribution in [0.25, 0.3) is 0 Å². The van der Waals surface area contributed by atoms with Crippen LogP contribution >= 0.6 is 23.2 Å². The normalized spacial score (nSPS) is 20.6. The molecule has 2 saturated heterocycles. The van der Waals surface area contributed by atoms with Crippen LogP contribution in [-0.2, 0) is 22.4 Å². The standard InChI is InChI=1S/C32H34Cl2N4O4/c33-25-18-35-19-26(34)28(25)30(39)36-23-12-8-21(9-13-23)17-27(32(41)42)37-31(40)29-22-10-14-24(15-11-22)38(29)16-4-7-20-5-2-1-3-6-20/h1-3,5-6,8-9,12-13,18-19,22,24,27,29H,4,7,10-11,14-17H2,(H,36,39)(H,37,40)(H,41,42)/t22?,24?,27-,29?/m0/s1. The van der Waals surface area contributed by atoms with Crippen LogP contribution < -0.4 is 10.6 Å². The van der Waals surface area contributed by atoms with Gasteiger partial charge in [0.05, 0.1) is 21.7 Å². The second-order valence-electron chi connectivity index (χ2n) is 11.1. The van der Waals surface area contributed by atoms with Crippen molar-refractivity contribution in [2.45, 2.75) is 63.1 Å². The lowest BCUT2D eigenvalue weighted by molar-refractivity contribution is -0.145. The molecule has 3 fully saturated rings. The first-order valence-corrected chi connectivity index (χ1v) is 15.1. The number of hydrogen-bond donors (Lipinski definition) is 3. The lowest BCUT2D eigenvalue weighted by Gasteiger charge is -2.50. The Bertz CT molecular complexity index is 1390. The van der Waals surface area contributed by atoms with E-state index in [1.54, 1.807) is 24.3 Å². The van der Waals surface area contributed by atoms with Crippen molar-refractivity contribution in [2.75, 3.05) is 11.9 Å². The number of carbonyl (C=O) groups excluding carboxylic acids is 2. The summed E-state index contributed by atoms with van der Waals surface area (Å²) in [6, 6.07) is 16.1. The van der Waals surface area contributed by atoms with E-state index in [0.717, 1.165) is 45.1 Å². The number of fused-ring (bicyclic) bond motifs is 3. The molecule has 42 heavy (non-hydrogen) atoms. The van der Waals surface area contributed by atoms with Crippen LogP contribution in [0.3, 0.4) is 0 Å². The summed E-state index contributed by atoms with van der Waals surface area (Å²) in [6.07, 6.45) is 8.86. The predicted octanol–water partition coefficient (Wildman–Crippen LogP) is 5.63. The number of aliphatic carboxylic acids is 1. The third-order valence-electron chi connectivity index (χ3n) is 8.35. The van der Waals surface area contributed by atoms with Gasteiger partial charge in [0.25, 0.3) is 5.91 Å². The fourth-order valence-corrected chi connectivity index (χ4v) is 6.82. The number of amides is 2. The number of carboxylic acids is 1. The Kier molecular flexibility index (Phi) is 9.77. The van der Waals surface area contributed by atoms with E-state index in [0.29, 0.717) is 17.3 Å². The van der Waals surface area contributed by atoms with Crippen molar-refractivity contribution in [2.24, 2.45) is 5.92 Å². The molecule has 1 unspecified atom stereocenters. The molecule has 10 heteroatoms. The quantitative estimate of drug-likeness (QED) is 0.260. The van der Waals surface area contributed by atoms with Gasteiger partial charge < -0.3 is 15.7 Å². The van der Waals surface area contributed by atoms with Gasteiger partial charge in [-0.2, -0.15) is 0 Å². The third-order valence-corrected chi connectivity index (χ3v) is 8.93. The van der Waals surface area contributed by atoms with Crippen molar-refractivity contribution in [3.8, 4) is 0 Å². The largest absolute Gasteiger partial charge is 0.480 e. The Balaban J connectivity index is 1.21. The maximum Gasteiger partial charge on any atom is 0.326 e. The molecular weight excluding hydrogens is 575 g/mol. The molecule has 0 spiro atoms. The monoisotopic (exact) mass is 608 g/mol. The van der Waals surface area contributed by atoms with Gasteiger partial charge in [0.15, 0.2) is 0 Å². The molecular formula is C32H34Cl2N4O4. The Morgan fingerprint density at radius 1 is 0.929 bits per heavy atom. The molecule has 2 bridgehead atoms. The summed E-state index contributed by atoms with van der Waals surface area (Å²) < 4.78 is 0. The van der Waals surface area contributed by atoms with E-state index in [1.807, 2.05) is 18.2 Å². The van der Waals surface area contributed by atoms with Crippen LogP contribution in [0.15, 0.2) is 67.0 Å². The second kappa shape index (κ2) is 13.7. The fourth-order valence-electron chi connectivity index (χ4n) is 6.28. The van der Waals surface area contributed by atoms with E-state index >= 15 is 0 Å². The van der Waals surface area contributed by atoms with Gasteiger partial charge >= 0.3 is 5.97 Å². The zero-order chi connectivity index (χ0) is 29.6. The number of carbonyl (C=O) groups is 3. The minimum Gasteiger partial charge on any atom is -0.480 e. The van der Waals surface area contributed by atoms with Crippen molar-refractivity contribution in [1.82, 2.24) is 15.2 Å². The zero-order valence-electron chi connectivity index (χ0n) is 23.1. The lowest BCUT2D eigenvalue weighted by atomic mass is 9.74. The third kappa shape index (κ3) is 7.12. The number of aryl methyl sites for hydroxylation is 1. The molecule has 2 amide bonds. The first-order valence-electron chi connectivity index (χ1n) is 14.3. The number of nitrogens with one attached hydrogen (secondary N) is 2. The highest BCUT2D eigenvalue weighted by Crippen LogP contribution is 2.40. The molecule has 3 aliphatic rings. The first-order chi connectivity index (χ1) is 20.3. The molecule has 2 aliphatic heterocycles. The highest BCUT2D eigenvalue weighted by Gasteiger charge is 2.45. The van der Waals surface area contributed by atoms with E-state index in [4.69, 9.17) is 23.2 Å². The summed E-state index contributed by atoms with van der Waals surface area (Å²) in [5.41, 5.74) is 2.61. The Labute approximate surface area is 255 Å². The fraction of sp³-hybridized carbons (Fsp3) is 0.375. The highest BCUT2D eigenvalue weighted by atomic mass is 35.5. The molecule has 1 aromatic heterocycles. The molecule has 1 saturated carbocycles. The van der Waals surface area contributed by atoms with Gasteiger partial charge in [-0.3, -0.25) is 19.5 Å². The topological polar surface area (TPSA) is 112 Å². The SMILES string of the molecule is O=C(Nc1ccc(C[C@H](NC(=O)C2C3CCC(CC3)N2CCCc2ccccc2)C(=O)O)cc1)c1c(Cl)cncc1Cl.